The highest BCUT2D eigenvalue weighted by Gasteiger charge is 2.15. The summed E-state index contributed by atoms with van der Waals surface area (Å²) >= 11 is 0. The van der Waals surface area contributed by atoms with Gasteiger partial charge < -0.3 is 5.73 Å². The average Bonchev–Trinajstić information content (AvgIpc) is 2.03. The number of nitrogens with zero attached hydrogens (tertiary/aromatic N) is 1. The number of aromatic nitrogens is 1. The molecule has 0 aromatic carbocycles. The summed E-state index contributed by atoms with van der Waals surface area (Å²) in [5.74, 6) is -2.73. The Morgan fingerprint density at radius 1 is 1.42 bits per heavy atom. The predicted octanol–water partition coefficient (Wildman–Crippen LogP) is 0.501. The molecule has 0 atom stereocenters. The topological polar surface area (TPSA) is 56.0 Å². The molecule has 12 heavy (non-hydrogen) atoms. The summed E-state index contributed by atoms with van der Waals surface area (Å²) in [4.78, 5) is 14.0. The van der Waals surface area contributed by atoms with Crippen LogP contribution in [0.3, 0.4) is 0 Å². The summed E-state index contributed by atoms with van der Waals surface area (Å²) in [6.07, 6.45) is 1.54. The molecule has 64 valence electrons. The maximum atomic E-state index is 12.7. The van der Waals surface area contributed by atoms with Gasteiger partial charge in [-0.05, 0) is 0 Å². The van der Waals surface area contributed by atoms with E-state index in [1.807, 2.05) is 0 Å². The van der Waals surface area contributed by atoms with E-state index in [1.54, 1.807) is 0 Å². The van der Waals surface area contributed by atoms with Crippen molar-refractivity contribution in [2.45, 2.75) is 0 Å². The van der Waals surface area contributed by atoms with Crippen molar-refractivity contribution < 1.29 is 13.6 Å². The lowest BCUT2D eigenvalue weighted by Crippen LogP contribution is -2.17. The van der Waals surface area contributed by atoms with Crippen LogP contribution in [0.25, 0.3) is 0 Å². The number of nitrogens with two attached hydrogens (primary N) is 1. The number of carbonyl (C=O) groups excluding carboxylic acids is 1. The van der Waals surface area contributed by atoms with E-state index < -0.39 is 29.5 Å². The highest BCUT2D eigenvalue weighted by atomic mass is 19.1. The molecule has 0 radical (unpaired) electrons. The van der Waals surface area contributed by atoms with Crippen molar-refractivity contribution in [2.24, 2.45) is 5.73 Å². The molecule has 5 heteroatoms. The lowest BCUT2D eigenvalue weighted by molar-refractivity contribution is 0.0993. The molecule has 0 amide bonds. The van der Waals surface area contributed by atoms with E-state index in [-0.39, 0.29) is 0 Å². The zero-order chi connectivity index (χ0) is 9.14. The zero-order valence-corrected chi connectivity index (χ0v) is 6.05. The summed E-state index contributed by atoms with van der Waals surface area (Å²) in [5.41, 5.74) is 4.32. The molecule has 0 unspecified atom stereocenters. The van der Waals surface area contributed by atoms with E-state index in [0.29, 0.717) is 0 Å². The molecule has 1 aromatic heterocycles. The van der Waals surface area contributed by atoms with Crippen molar-refractivity contribution in [3.8, 4) is 0 Å². The lowest BCUT2D eigenvalue weighted by Gasteiger charge is -1.99. The minimum Gasteiger partial charge on any atom is -0.324 e. The Morgan fingerprint density at radius 3 is 2.33 bits per heavy atom. The number of carbonyl (C=O) groups is 1. The number of Topliss-reactive ketones (excluding diaryl/α,β-unsaturated/α-hetero) is 1. The molecule has 0 aliphatic heterocycles. The van der Waals surface area contributed by atoms with Crippen molar-refractivity contribution >= 4 is 5.78 Å². The molecule has 0 spiro atoms. The molecule has 3 nitrogen and oxygen atoms in total. The van der Waals surface area contributed by atoms with Crippen LogP contribution in [-0.4, -0.2) is 17.3 Å². The molecule has 2 N–H and O–H groups in total. The molecule has 1 aromatic rings. The summed E-state index contributed by atoms with van der Waals surface area (Å²) < 4.78 is 25.4. The first-order valence-electron chi connectivity index (χ1n) is 3.19. The first kappa shape index (κ1) is 8.73. The Labute approximate surface area is 67.2 Å². The second kappa shape index (κ2) is 3.36. The third kappa shape index (κ3) is 1.45. The van der Waals surface area contributed by atoms with E-state index >= 15 is 0 Å². The number of rotatable bonds is 2. The van der Waals surface area contributed by atoms with Gasteiger partial charge in [0.1, 0.15) is 0 Å². The van der Waals surface area contributed by atoms with Crippen LogP contribution in [0.4, 0.5) is 8.78 Å². The molecule has 0 saturated carbocycles. The SMILES string of the molecule is NCC(=O)c1c(F)cncc1F. The second-order valence-corrected chi connectivity index (χ2v) is 2.11. The standard InChI is InChI=1S/C7H6F2N2O/c8-4-2-11-3-5(9)7(4)6(12)1-10/h2-3H,1,10H2. The van der Waals surface area contributed by atoms with Gasteiger partial charge in [0.25, 0.3) is 0 Å². The number of ketones is 1. The van der Waals surface area contributed by atoms with Crippen molar-refractivity contribution in [1.82, 2.24) is 4.98 Å². The van der Waals surface area contributed by atoms with E-state index in [2.05, 4.69) is 4.98 Å². The minimum atomic E-state index is -0.981. The van der Waals surface area contributed by atoms with E-state index in [9.17, 15) is 13.6 Å². The summed E-state index contributed by atoms with van der Waals surface area (Å²) in [7, 11) is 0. The van der Waals surface area contributed by atoms with Gasteiger partial charge in [0.15, 0.2) is 17.4 Å². The quantitative estimate of drug-likeness (QED) is 0.661. The predicted molar refractivity (Wildman–Crippen MR) is 37.5 cm³/mol. The van der Waals surface area contributed by atoms with Gasteiger partial charge in [-0.25, -0.2) is 8.78 Å². The van der Waals surface area contributed by atoms with Crippen LogP contribution in [0, 0.1) is 11.6 Å². The van der Waals surface area contributed by atoms with Gasteiger partial charge in [0.05, 0.1) is 24.5 Å². The van der Waals surface area contributed by atoms with E-state index in [4.69, 9.17) is 5.73 Å². The molecule has 0 aliphatic carbocycles. The number of halogens is 2. The highest BCUT2D eigenvalue weighted by molar-refractivity contribution is 5.97. The van der Waals surface area contributed by atoms with Crippen molar-refractivity contribution in [3.05, 3.63) is 29.6 Å². The number of hydrogen-bond acceptors (Lipinski definition) is 3. The molecule has 0 aliphatic rings. The fourth-order valence-corrected chi connectivity index (χ4v) is 0.780. The smallest absolute Gasteiger partial charge is 0.182 e. The van der Waals surface area contributed by atoms with Crippen molar-refractivity contribution in [2.75, 3.05) is 6.54 Å². The van der Waals surface area contributed by atoms with Gasteiger partial charge in [-0.2, -0.15) is 0 Å². The largest absolute Gasteiger partial charge is 0.324 e. The van der Waals surface area contributed by atoms with E-state index in [1.165, 1.54) is 0 Å². The summed E-state index contributed by atoms with van der Waals surface area (Å²) in [5, 5.41) is 0. The van der Waals surface area contributed by atoms with Crippen LogP contribution in [0.1, 0.15) is 10.4 Å². The lowest BCUT2D eigenvalue weighted by atomic mass is 10.1. The Morgan fingerprint density at radius 2 is 1.92 bits per heavy atom. The Bertz CT molecular complexity index is 294. The number of hydrogen-bond donors (Lipinski definition) is 1. The summed E-state index contributed by atoms with van der Waals surface area (Å²) in [6.45, 7) is -0.419. The van der Waals surface area contributed by atoms with Crippen LogP contribution in [0.5, 0.6) is 0 Å². The number of pyridine rings is 1. The fourth-order valence-electron chi connectivity index (χ4n) is 0.780. The van der Waals surface area contributed by atoms with Crippen LogP contribution in [-0.2, 0) is 0 Å². The van der Waals surface area contributed by atoms with Gasteiger partial charge in [-0.15, -0.1) is 0 Å². The first-order chi connectivity index (χ1) is 5.66. The van der Waals surface area contributed by atoms with Gasteiger partial charge in [0, 0.05) is 0 Å². The van der Waals surface area contributed by atoms with Crippen LogP contribution < -0.4 is 5.73 Å². The molecule has 1 rings (SSSR count). The third-order valence-corrected chi connectivity index (χ3v) is 1.32. The fraction of sp³-hybridized carbons (Fsp3) is 0.143. The van der Waals surface area contributed by atoms with Gasteiger partial charge >= 0.3 is 0 Å². The van der Waals surface area contributed by atoms with Gasteiger partial charge in [-0.3, -0.25) is 9.78 Å². The average molecular weight is 172 g/mol. The second-order valence-electron chi connectivity index (χ2n) is 2.11. The zero-order valence-electron chi connectivity index (χ0n) is 6.05. The normalized spacial score (nSPS) is 9.92. The first-order valence-corrected chi connectivity index (χ1v) is 3.19. The van der Waals surface area contributed by atoms with Gasteiger partial charge in [0.2, 0.25) is 0 Å². The molecule has 0 saturated heterocycles. The van der Waals surface area contributed by atoms with Crippen LogP contribution in [0.2, 0.25) is 0 Å². The molecule has 1 heterocycles. The van der Waals surface area contributed by atoms with Crippen molar-refractivity contribution in [1.29, 1.82) is 0 Å². The molecule has 0 bridgehead atoms. The highest BCUT2D eigenvalue weighted by Crippen LogP contribution is 2.09. The minimum absolute atomic E-state index is 0.419. The Hall–Kier alpha value is -1.36. The van der Waals surface area contributed by atoms with E-state index in [0.717, 1.165) is 12.4 Å². The Kier molecular flexibility index (Phi) is 2.44. The summed E-state index contributed by atoms with van der Waals surface area (Å²) in [6, 6.07) is 0. The molecular formula is C7H6F2N2O. The van der Waals surface area contributed by atoms with Crippen LogP contribution >= 0.6 is 0 Å². The maximum Gasteiger partial charge on any atom is 0.182 e. The van der Waals surface area contributed by atoms with Crippen molar-refractivity contribution in [3.63, 3.8) is 0 Å². The Balaban J connectivity index is 3.21. The maximum absolute atomic E-state index is 12.7. The molecular weight excluding hydrogens is 166 g/mol. The molecule has 0 fully saturated rings. The third-order valence-electron chi connectivity index (χ3n) is 1.32. The van der Waals surface area contributed by atoms with Gasteiger partial charge in [-0.1, -0.05) is 0 Å². The monoisotopic (exact) mass is 172 g/mol. The van der Waals surface area contributed by atoms with Crippen LogP contribution in [0.15, 0.2) is 12.4 Å².